The van der Waals surface area contributed by atoms with Gasteiger partial charge < -0.3 is 26.0 Å². The second kappa shape index (κ2) is 14.2. The zero-order valence-corrected chi connectivity index (χ0v) is 22.4. The summed E-state index contributed by atoms with van der Waals surface area (Å²) in [5.74, 6) is -0.669. The third-order valence-electron chi connectivity index (χ3n) is 6.48. The van der Waals surface area contributed by atoms with E-state index >= 15 is 0 Å². The molecule has 0 heterocycles. The Morgan fingerprint density at radius 2 is 1.66 bits per heavy atom. The van der Waals surface area contributed by atoms with Crippen molar-refractivity contribution in [1.29, 1.82) is 0 Å². The number of nitrogens with one attached hydrogen (secondary N) is 4. The Kier molecular flexibility index (Phi) is 10.7. The van der Waals surface area contributed by atoms with E-state index in [1.165, 1.54) is 7.05 Å². The van der Waals surface area contributed by atoms with Gasteiger partial charge in [0.25, 0.3) is 5.91 Å². The van der Waals surface area contributed by atoms with Crippen LogP contribution in [0.3, 0.4) is 0 Å². The fraction of sp³-hybridized carbons (Fsp3) is 0.448. The summed E-state index contributed by atoms with van der Waals surface area (Å²) in [6.45, 7) is 5.38. The summed E-state index contributed by atoms with van der Waals surface area (Å²) < 4.78 is 5.41. The first-order chi connectivity index (χ1) is 18.4. The number of ether oxygens (including phenoxy) is 1. The van der Waals surface area contributed by atoms with Gasteiger partial charge in [0.05, 0.1) is 0 Å². The first-order valence-electron chi connectivity index (χ1n) is 13.4. The average Bonchev–Trinajstić information content (AvgIpc) is 3.23. The summed E-state index contributed by atoms with van der Waals surface area (Å²) >= 11 is 0. The molecule has 0 aromatic heterocycles. The van der Waals surface area contributed by atoms with E-state index in [1.807, 2.05) is 31.2 Å². The highest BCUT2D eigenvalue weighted by Crippen LogP contribution is 2.47. The average molecular weight is 523 g/mol. The highest BCUT2D eigenvalue weighted by Gasteiger charge is 2.33. The number of benzene rings is 2. The second-order valence-electron chi connectivity index (χ2n) is 9.33. The Bertz CT molecular complexity index is 1160. The lowest BCUT2D eigenvalue weighted by Crippen LogP contribution is -2.24. The molecule has 0 aliphatic heterocycles. The van der Waals surface area contributed by atoms with Gasteiger partial charge in [0.1, 0.15) is 6.61 Å². The molecule has 2 aromatic rings. The number of rotatable bonds is 13. The molecular weight excluding hydrogens is 484 g/mol. The normalized spacial score (nSPS) is 13.2. The lowest BCUT2D eigenvalue weighted by Gasteiger charge is -2.15. The van der Waals surface area contributed by atoms with Gasteiger partial charge in [-0.1, -0.05) is 38.5 Å². The monoisotopic (exact) mass is 522 g/mol. The maximum atomic E-state index is 12.9. The Morgan fingerprint density at radius 3 is 2.39 bits per heavy atom. The number of alkyl carbamates (subject to hydrolysis) is 1. The lowest BCUT2D eigenvalue weighted by molar-refractivity contribution is -0.121. The SMILES string of the molecule is CCCCNC(=O)CCCC(=O)Nc1ccc2c(c1)C(COC(=O)NC)c1cccc(C(=O)NCCC)c1-2. The molecule has 2 aromatic carbocycles. The number of carbonyl (C=O) groups excluding carboxylic acids is 4. The van der Waals surface area contributed by atoms with Crippen LogP contribution >= 0.6 is 0 Å². The molecule has 3 rings (SSSR count). The number of hydrogen-bond donors (Lipinski definition) is 4. The third kappa shape index (κ3) is 7.34. The van der Waals surface area contributed by atoms with E-state index in [1.54, 1.807) is 12.1 Å². The molecular formula is C29H38N4O5. The molecule has 0 saturated carbocycles. The molecule has 9 heteroatoms. The van der Waals surface area contributed by atoms with Crippen LogP contribution < -0.4 is 21.3 Å². The molecule has 4 N–H and O–H groups in total. The van der Waals surface area contributed by atoms with Crippen molar-refractivity contribution < 1.29 is 23.9 Å². The van der Waals surface area contributed by atoms with Crippen molar-refractivity contribution in [2.45, 2.75) is 58.3 Å². The van der Waals surface area contributed by atoms with Crippen LogP contribution in [0.25, 0.3) is 11.1 Å². The van der Waals surface area contributed by atoms with E-state index in [0.717, 1.165) is 41.5 Å². The minimum Gasteiger partial charge on any atom is -0.449 e. The molecule has 4 amide bonds. The molecule has 1 aliphatic carbocycles. The van der Waals surface area contributed by atoms with Gasteiger partial charge >= 0.3 is 6.09 Å². The number of hydrogen-bond acceptors (Lipinski definition) is 5. The summed E-state index contributed by atoms with van der Waals surface area (Å²) in [6.07, 6.45) is 3.22. The summed E-state index contributed by atoms with van der Waals surface area (Å²) in [7, 11) is 1.50. The van der Waals surface area contributed by atoms with Gasteiger partial charge in [-0.25, -0.2) is 4.79 Å². The van der Waals surface area contributed by atoms with Gasteiger partial charge in [0.2, 0.25) is 11.8 Å². The molecule has 38 heavy (non-hydrogen) atoms. The summed E-state index contributed by atoms with van der Waals surface area (Å²) in [6, 6.07) is 11.1. The van der Waals surface area contributed by atoms with E-state index in [9.17, 15) is 19.2 Å². The minimum absolute atomic E-state index is 0.0423. The zero-order chi connectivity index (χ0) is 27.5. The number of anilines is 1. The Morgan fingerprint density at radius 1 is 0.868 bits per heavy atom. The highest BCUT2D eigenvalue weighted by molar-refractivity contribution is 6.04. The van der Waals surface area contributed by atoms with Crippen LogP contribution in [-0.2, 0) is 14.3 Å². The molecule has 1 unspecified atom stereocenters. The Labute approximate surface area is 224 Å². The number of carbonyl (C=O) groups is 4. The minimum atomic E-state index is -0.542. The van der Waals surface area contributed by atoms with Crippen molar-refractivity contribution in [2.24, 2.45) is 0 Å². The molecule has 204 valence electrons. The van der Waals surface area contributed by atoms with Crippen molar-refractivity contribution in [1.82, 2.24) is 16.0 Å². The molecule has 1 aliphatic rings. The summed E-state index contributed by atoms with van der Waals surface area (Å²) in [5.41, 5.74) is 4.62. The van der Waals surface area contributed by atoms with E-state index in [4.69, 9.17) is 4.74 Å². The highest BCUT2D eigenvalue weighted by atomic mass is 16.5. The maximum absolute atomic E-state index is 12.9. The second-order valence-corrected chi connectivity index (χ2v) is 9.33. The van der Waals surface area contributed by atoms with Crippen LogP contribution in [0, 0.1) is 0 Å². The molecule has 1 atom stereocenters. The van der Waals surface area contributed by atoms with E-state index in [2.05, 4.69) is 28.2 Å². The maximum Gasteiger partial charge on any atom is 0.406 e. The molecule has 0 bridgehead atoms. The van der Waals surface area contributed by atoms with Gasteiger partial charge in [-0.3, -0.25) is 14.4 Å². The van der Waals surface area contributed by atoms with Crippen molar-refractivity contribution in [3.63, 3.8) is 0 Å². The lowest BCUT2D eigenvalue weighted by atomic mass is 9.96. The predicted octanol–water partition coefficient (Wildman–Crippen LogP) is 4.32. The fourth-order valence-corrected chi connectivity index (χ4v) is 4.54. The van der Waals surface area contributed by atoms with Crippen molar-refractivity contribution >= 4 is 29.5 Å². The predicted molar refractivity (Wildman–Crippen MR) is 147 cm³/mol. The van der Waals surface area contributed by atoms with Crippen molar-refractivity contribution in [3.05, 3.63) is 53.1 Å². The van der Waals surface area contributed by atoms with Crippen molar-refractivity contribution in [2.75, 3.05) is 32.1 Å². The Hall–Kier alpha value is -3.88. The first-order valence-corrected chi connectivity index (χ1v) is 13.4. The largest absolute Gasteiger partial charge is 0.449 e. The van der Waals surface area contributed by atoms with Crippen LogP contribution in [-0.4, -0.2) is 50.6 Å². The van der Waals surface area contributed by atoms with Crippen LogP contribution in [0.15, 0.2) is 36.4 Å². The van der Waals surface area contributed by atoms with Gasteiger partial charge in [-0.15, -0.1) is 0 Å². The quantitative estimate of drug-likeness (QED) is 0.292. The van der Waals surface area contributed by atoms with Gasteiger partial charge in [0, 0.05) is 50.1 Å². The van der Waals surface area contributed by atoms with Gasteiger partial charge in [0.15, 0.2) is 0 Å². The van der Waals surface area contributed by atoms with Gasteiger partial charge in [-0.2, -0.15) is 0 Å². The third-order valence-corrected chi connectivity index (χ3v) is 6.48. The van der Waals surface area contributed by atoms with E-state index in [0.29, 0.717) is 37.2 Å². The molecule has 9 nitrogen and oxygen atoms in total. The Balaban J connectivity index is 1.77. The molecule has 0 radical (unpaired) electrons. The smallest absolute Gasteiger partial charge is 0.406 e. The first kappa shape index (κ1) is 28.7. The number of amides is 4. The van der Waals surface area contributed by atoms with E-state index < -0.39 is 6.09 Å². The summed E-state index contributed by atoms with van der Waals surface area (Å²) in [5, 5.41) is 11.2. The van der Waals surface area contributed by atoms with E-state index in [-0.39, 0.29) is 36.7 Å². The zero-order valence-electron chi connectivity index (χ0n) is 22.4. The standard InChI is InChI=1S/C29H38N4O5/c1-4-6-16-31-25(34)11-8-12-26(35)33-19-13-14-21-23(17-19)24(18-38-29(37)30-3)20-9-7-10-22(27(20)21)28(36)32-15-5-2/h7,9-10,13-14,17,24H,4-6,8,11-12,15-16,18H2,1-3H3,(H,30,37)(H,31,34)(H,32,36)(H,33,35). The van der Waals surface area contributed by atoms with Crippen LogP contribution in [0.5, 0.6) is 0 Å². The summed E-state index contributed by atoms with van der Waals surface area (Å²) in [4.78, 5) is 49.2. The molecule has 0 saturated heterocycles. The molecule has 0 fully saturated rings. The number of unbranched alkanes of at least 4 members (excludes halogenated alkanes) is 1. The van der Waals surface area contributed by atoms with Crippen molar-refractivity contribution in [3.8, 4) is 11.1 Å². The van der Waals surface area contributed by atoms with Crippen LogP contribution in [0.4, 0.5) is 10.5 Å². The van der Waals surface area contributed by atoms with Crippen LogP contribution in [0.1, 0.15) is 79.8 Å². The van der Waals surface area contributed by atoms with Gasteiger partial charge in [-0.05, 0) is 59.7 Å². The number of fused-ring (bicyclic) bond motifs is 3. The topological polar surface area (TPSA) is 126 Å². The van der Waals surface area contributed by atoms with Crippen LogP contribution in [0.2, 0.25) is 0 Å². The molecule has 0 spiro atoms. The fourth-order valence-electron chi connectivity index (χ4n) is 4.54.